The summed E-state index contributed by atoms with van der Waals surface area (Å²) in [4.78, 5) is 12.0. The number of ether oxygens (including phenoxy) is 1. The summed E-state index contributed by atoms with van der Waals surface area (Å²) in [6, 6.07) is 17.7. The summed E-state index contributed by atoms with van der Waals surface area (Å²) in [7, 11) is 0. The van der Waals surface area contributed by atoms with Gasteiger partial charge >= 0.3 is 5.97 Å². The fourth-order valence-electron chi connectivity index (χ4n) is 2.44. The van der Waals surface area contributed by atoms with Crippen LogP contribution in [0.25, 0.3) is 12.2 Å². The fraction of sp³-hybridized carbons (Fsp3) is 0.318. The van der Waals surface area contributed by atoms with Crippen LogP contribution in [-0.4, -0.2) is 12.6 Å². The monoisotopic (exact) mass is 322 g/mol. The summed E-state index contributed by atoms with van der Waals surface area (Å²) in [5, 5.41) is 0. The van der Waals surface area contributed by atoms with Gasteiger partial charge in [-0.2, -0.15) is 0 Å². The van der Waals surface area contributed by atoms with E-state index in [2.05, 4.69) is 25.1 Å². The first-order valence-corrected chi connectivity index (χ1v) is 8.80. The second-order valence-electron chi connectivity index (χ2n) is 5.92. The Morgan fingerprint density at radius 3 is 2.12 bits per heavy atom. The van der Waals surface area contributed by atoms with Gasteiger partial charge in [-0.3, -0.25) is 0 Å². The van der Waals surface area contributed by atoms with Gasteiger partial charge in [-0.15, -0.1) is 0 Å². The van der Waals surface area contributed by atoms with Crippen molar-refractivity contribution in [3.63, 3.8) is 0 Å². The summed E-state index contributed by atoms with van der Waals surface area (Å²) in [6.45, 7) is 2.71. The van der Waals surface area contributed by atoms with Gasteiger partial charge in [0.1, 0.15) is 0 Å². The molecule has 0 aliphatic heterocycles. The van der Waals surface area contributed by atoms with E-state index in [1.54, 1.807) is 0 Å². The Kier molecular flexibility index (Phi) is 7.82. The van der Waals surface area contributed by atoms with Crippen LogP contribution in [0.4, 0.5) is 0 Å². The van der Waals surface area contributed by atoms with Gasteiger partial charge in [0.25, 0.3) is 0 Å². The Labute approximate surface area is 145 Å². The van der Waals surface area contributed by atoms with E-state index >= 15 is 0 Å². The van der Waals surface area contributed by atoms with Gasteiger partial charge in [-0.25, -0.2) is 4.79 Å². The van der Waals surface area contributed by atoms with Crippen molar-refractivity contribution in [1.82, 2.24) is 0 Å². The molecule has 2 heteroatoms. The number of hydrogen-bond donors (Lipinski definition) is 0. The second kappa shape index (κ2) is 10.4. The molecule has 0 heterocycles. The highest BCUT2D eigenvalue weighted by atomic mass is 16.5. The molecule has 0 aliphatic carbocycles. The number of esters is 1. The molecule has 0 amide bonds. The summed E-state index contributed by atoms with van der Waals surface area (Å²) < 4.78 is 5.32. The van der Waals surface area contributed by atoms with E-state index in [9.17, 15) is 4.79 Å². The number of hydrogen-bond acceptors (Lipinski definition) is 2. The molecular weight excluding hydrogens is 296 g/mol. The Morgan fingerprint density at radius 1 is 0.833 bits per heavy atom. The second-order valence-corrected chi connectivity index (χ2v) is 5.92. The molecule has 0 saturated heterocycles. The molecule has 0 aromatic heterocycles. The average molecular weight is 322 g/mol. The van der Waals surface area contributed by atoms with Crippen LogP contribution in [0.2, 0.25) is 0 Å². The maximum atomic E-state index is 12.0. The summed E-state index contributed by atoms with van der Waals surface area (Å²) in [5.41, 5.74) is 2.83. The normalized spacial score (nSPS) is 10.9. The van der Waals surface area contributed by atoms with Gasteiger partial charge in [-0.05, 0) is 29.7 Å². The zero-order valence-electron chi connectivity index (χ0n) is 14.4. The first kappa shape index (κ1) is 18.0. The highest BCUT2D eigenvalue weighted by Crippen LogP contribution is 2.11. The maximum absolute atomic E-state index is 12.0. The van der Waals surface area contributed by atoms with Crippen molar-refractivity contribution in [2.45, 2.75) is 39.0 Å². The summed E-state index contributed by atoms with van der Waals surface area (Å²) in [6.07, 6.45) is 9.88. The van der Waals surface area contributed by atoms with Crippen molar-refractivity contribution >= 4 is 18.1 Å². The van der Waals surface area contributed by atoms with Crippen molar-refractivity contribution in [3.8, 4) is 0 Å². The van der Waals surface area contributed by atoms with Crippen LogP contribution in [0.15, 0.2) is 54.6 Å². The van der Waals surface area contributed by atoms with Crippen molar-refractivity contribution in [1.29, 1.82) is 0 Å². The molecule has 0 aliphatic rings. The van der Waals surface area contributed by atoms with E-state index in [1.807, 2.05) is 48.5 Å². The highest BCUT2D eigenvalue weighted by molar-refractivity contribution is 5.89. The van der Waals surface area contributed by atoms with E-state index in [0.717, 1.165) is 24.0 Å². The SMILES string of the molecule is CCCCCCCOC(=O)c1ccc(C=Cc2ccccc2)cc1. The molecule has 0 saturated carbocycles. The van der Waals surface area contributed by atoms with Gasteiger partial charge < -0.3 is 4.74 Å². The van der Waals surface area contributed by atoms with Crippen molar-refractivity contribution < 1.29 is 9.53 Å². The van der Waals surface area contributed by atoms with Crippen LogP contribution in [0.1, 0.15) is 60.5 Å². The minimum absolute atomic E-state index is 0.232. The molecule has 0 atom stereocenters. The molecule has 2 rings (SSSR count). The van der Waals surface area contributed by atoms with Crippen LogP contribution >= 0.6 is 0 Å². The molecule has 2 aromatic rings. The topological polar surface area (TPSA) is 26.3 Å². The first-order chi connectivity index (χ1) is 11.8. The number of benzene rings is 2. The van der Waals surface area contributed by atoms with Crippen LogP contribution in [0.3, 0.4) is 0 Å². The number of carbonyl (C=O) groups is 1. The molecule has 2 nitrogen and oxygen atoms in total. The van der Waals surface area contributed by atoms with Gasteiger partial charge in [0, 0.05) is 0 Å². The standard InChI is InChI=1S/C22H26O2/c1-2-3-4-5-9-18-24-22(23)21-16-14-20(15-17-21)13-12-19-10-7-6-8-11-19/h6-8,10-17H,2-5,9,18H2,1H3. The third kappa shape index (κ3) is 6.41. The molecular formula is C22H26O2. The highest BCUT2D eigenvalue weighted by Gasteiger charge is 2.06. The molecule has 2 aromatic carbocycles. The molecule has 0 bridgehead atoms. The lowest BCUT2D eigenvalue weighted by Crippen LogP contribution is -2.06. The summed E-state index contributed by atoms with van der Waals surface area (Å²) in [5.74, 6) is -0.232. The van der Waals surface area contributed by atoms with Gasteiger partial charge in [0.15, 0.2) is 0 Å². The third-order valence-corrected chi connectivity index (χ3v) is 3.90. The molecule has 0 spiro atoms. The van der Waals surface area contributed by atoms with Gasteiger partial charge in [-0.1, -0.05) is 87.2 Å². The predicted molar refractivity (Wildman–Crippen MR) is 101 cm³/mol. The lowest BCUT2D eigenvalue weighted by molar-refractivity contribution is 0.0497. The molecule has 0 radical (unpaired) electrons. The third-order valence-electron chi connectivity index (χ3n) is 3.90. The van der Waals surface area contributed by atoms with E-state index in [-0.39, 0.29) is 5.97 Å². The molecule has 0 fully saturated rings. The van der Waals surface area contributed by atoms with Crippen LogP contribution in [0, 0.1) is 0 Å². The minimum Gasteiger partial charge on any atom is -0.462 e. The van der Waals surface area contributed by atoms with Crippen LogP contribution in [0.5, 0.6) is 0 Å². The molecule has 0 unspecified atom stereocenters. The number of rotatable bonds is 9. The molecule has 126 valence electrons. The van der Waals surface area contributed by atoms with Gasteiger partial charge in [0.05, 0.1) is 12.2 Å². The van der Waals surface area contributed by atoms with Crippen molar-refractivity contribution in [2.75, 3.05) is 6.61 Å². The van der Waals surface area contributed by atoms with E-state index in [0.29, 0.717) is 12.2 Å². The first-order valence-electron chi connectivity index (χ1n) is 8.80. The summed E-state index contributed by atoms with van der Waals surface area (Å²) >= 11 is 0. The lowest BCUT2D eigenvalue weighted by atomic mass is 10.1. The maximum Gasteiger partial charge on any atom is 0.338 e. The smallest absolute Gasteiger partial charge is 0.338 e. The largest absolute Gasteiger partial charge is 0.462 e. The quantitative estimate of drug-likeness (QED) is 0.322. The zero-order valence-corrected chi connectivity index (χ0v) is 14.4. The fourth-order valence-corrected chi connectivity index (χ4v) is 2.44. The van der Waals surface area contributed by atoms with Crippen LogP contribution < -0.4 is 0 Å². The Bertz CT molecular complexity index is 627. The Balaban J connectivity index is 1.78. The van der Waals surface area contributed by atoms with Crippen molar-refractivity contribution in [2.24, 2.45) is 0 Å². The van der Waals surface area contributed by atoms with E-state index < -0.39 is 0 Å². The zero-order chi connectivity index (χ0) is 17.0. The van der Waals surface area contributed by atoms with Gasteiger partial charge in [0.2, 0.25) is 0 Å². The van der Waals surface area contributed by atoms with E-state index in [1.165, 1.54) is 19.3 Å². The minimum atomic E-state index is -0.232. The van der Waals surface area contributed by atoms with E-state index in [4.69, 9.17) is 4.74 Å². The Hall–Kier alpha value is -2.35. The number of carbonyl (C=O) groups excluding carboxylic acids is 1. The van der Waals surface area contributed by atoms with Crippen molar-refractivity contribution in [3.05, 3.63) is 71.3 Å². The predicted octanol–water partition coefficient (Wildman–Crippen LogP) is 5.98. The average Bonchev–Trinajstić information content (AvgIpc) is 2.64. The number of unbranched alkanes of at least 4 members (excludes halogenated alkanes) is 4. The molecule has 24 heavy (non-hydrogen) atoms. The lowest BCUT2D eigenvalue weighted by Gasteiger charge is -2.05. The van der Waals surface area contributed by atoms with Crippen LogP contribution in [-0.2, 0) is 4.74 Å². The molecule has 0 N–H and O–H groups in total. The Morgan fingerprint density at radius 2 is 1.46 bits per heavy atom.